The van der Waals surface area contributed by atoms with E-state index < -0.39 is 0 Å². The van der Waals surface area contributed by atoms with Gasteiger partial charge in [0.2, 0.25) is 5.91 Å². The van der Waals surface area contributed by atoms with Crippen molar-refractivity contribution in [1.82, 2.24) is 15.5 Å². The first-order valence-electron chi connectivity index (χ1n) is 8.69. The molecule has 6 nitrogen and oxygen atoms in total. The summed E-state index contributed by atoms with van der Waals surface area (Å²) >= 11 is 6.12. The van der Waals surface area contributed by atoms with E-state index in [4.69, 9.17) is 16.3 Å². The quantitative estimate of drug-likeness (QED) is 0.598. The number of rotatable bonds is 6. The number of carbonyl (C=O) groups excluding carboxylic acids is 1. The fourth-order valence-corrected chi connectivity index (χ4v) is 2.84. The Morgan fingerprint density at radius 1 is 1.48 bits per heavy atom. The average molecular weight is 367 g/mol. The van der Waals surface area contributed by atoms with E-state index in [-0.39, 0.29) is 18.1 Å². The molecule has 2 unspecified atom stereocenters. The normalized spacial score (nSPS) is 19.5. The number of hydrogen-bond acceptors (Lipinski definition) is 3. The van der Waals surface area contributed by atoms with E-state index in [1.54, 1.807) is 11.0 Å². The van der Waals surface area contributed by atoms with Crippen LogP contribution in [0.3, 0.4) is 0 Å². The van der Waals surface area contributed by atoms with E-state index in [0.29, 0.717) is 30.3 Å². The summed E-state index contributed by atoms with van der Waals surface area (Å²) in [5.41, 5.74) is 0. The predicted molar refractivity (Wildman–Crippen MR) is 101 cm³/mol. The third-order valence-electron chi connectivity index (χ3n) is 3.98. The maximum absolute atomic E-state index is 11.6. The molecule has 2 rings (SSSR count). The van der Waals surface area contributed by atoms with Crippen LogP contribution in [0.15, 0.2) is 29.3 Å². The molecule has 0 bridgehead atoms. The lowest BCUT2D eigenvalue weighted by Crippen LogP contribution is -2.51. The standard InChI is InChI=1S/C18H27ClN4O2/c1-4-20-18(22-14-9-10-17(24)23(3)12-14)21-11-13(2)25-16-8-6-5-7-15(16)19/h5-8,13-14H,4,9-12H2,1-3H3,(H2,20,21,22). The van der Waals surface area contributed by atoms with Gasteiger partial charge < -0.3 is 20.3 Å². The molecule has 1 saturated heterocycles. The molecule has 1 amide bonds. The van der Waals surface area contributed by atoms with Crippen molar-refractivity contribution in [3.63, 3.8) is 0 Å². The number of hydrogen-bond donors (Lipinski definition) is 2. The first-order valence-corrected chi connectivity index (χ1v) is 9.07. The molecule has 7 heteroatoms. The Bertz CT molecular complexity index is 608. The highest BCUT2D eigenvalue weighted by Gasteiger charge is 2.23. The minimum absolute atomic E-state index is 0.106. The van der Waals surface area contributed by atoms with Crippen LogP contribution < -0.4 is 15.4 Å². The first-order chi connectivity index (χ1) is 12.0. The van der Waals surface area contributed by atoms with Crippen LogP contribution in [-0.4, -0.2) is 55.6 Å². The predicted octanol–water partition coefficient (Wildman–Crippen LogP) is 2.28. The molecule has 1 aromatic carbocycles. The maximum Gasteiger partial charge on any atom is 0.222 e. The topological polar surface area (TPSA) is 66.0 Å². The van der Waals surface area contributed by atoms with Crippen LogP contribution in [0.4, 0.5) is 0 Å². The van der Waals surface area contributed by atoms with Gasteiger partial charge in [0.05, 0.1) is 11.6 Å². The Morgan fingerprint density at radius 2 is 2.24 bits per heavy atom. The highest BCUT2D eigenvalue weighted by Crippen LogP contribution is 2.24. The minimum Gasteiger partial charge on any atom is -0.487 e. The van der Waals surface area contributed by atoms with Gasteiger partial charge in [-0.3, -0.25) is 4.79 Å². The largest absolute Gasteiger partial charge is 0.487 e. The van der Waals surface area contributed by atoms with Crippen molar-refractivity contribution in [2.75, 3.05) is 26.7 Å². The highest BCUT2D eigenvalue weighted by molar-refractivity contribution is 6.32. The van der Waals surface area contributed by atoms with Crippen LogP contribution in [-0.2, 0) is 4.79 Å². The molecule has 2 atom stereocenters. The lowest BCUT2D eigenvalue weighted by Gasteiger charge is -2.31. The second-order valence-corrected chi connectivity index (χ2v) is 6.64. The van der Waals surface area contributed by atoms with Gasteiger partial charge in [0.1, 0.15) is 11.9 Å². The Balaban J connectivity index is 1.90. The van der Waals surface area contributed by atoms with Crippen LogP contribution in [0, 0.1) is 0 Å². The van der Waals surface area contributed by atoms with E-state index >= 15 is 0 Å². The van der Waals surface area contributed by atoms with E-state index in [9.17, 15) is 4.79 Å². The molecular formula is C18H27ClN4O2. The molecule has 1 aliphatic heterocycles. The summed E-state index contributed by atoms with van der Waals surface area (Å²) in [7, 11) is 1.83. The summed E-state index contributed by atoms with van der Waals surface area (Å²) in [4.78, 5) is 18.0. The van der Waals surface area contributed by atoms with Crippen LogP contribution in [0.2, 0.25) is 5.02 Å². The minimum atomic E-state index is -0.106. The van der Waals surface area contributed by atoms with Gasteiger partial charge in [-0.05, 0) is 32.4 Å². The molecule has 2 N–H and O–H groups in total. The number of likely N-dealkylation sites (N-methyl/N-ethyl adjacent to an activating group) is 1. The second kappa shape index (κ2) is 9.51. The smallest absolute Gasteiger partial charge is 0.222 e. The Kier molecular flexibility index (Phi) is 7.37. The van der Waals surface area contributed by atoms with Crippen molar-refractivity contribution in [2.24, 2.45) is 4.99 Å². The molecule has 0 aliphatic carbocycles. The first kappa shape index (κ1) is 19.4. The highest BCUT2D eigenvalue weighted by atomic mass is 35.5. The van der Waals surface area contributed by atoms with Gasteiger partial charge in [0.25, 0.3) is 0 Å². The van der Waals surface area contributed by atoms with Crippen molar-refractivity contribution in [3.05, 3.63) is 29.3 Å². The van der Waals surface area contributed by atoms with Crippen LogP contribution >= 0.6 is 11.6 Å². The molecular weight excluding hydrogens is 340 g/mol. The van der Waals surface area contributed by atoms with Crippen molar-refractivity contribution in [2.45, 2.75) is 38.8 Å². The van der Waals surface area contributed by atoms with Gasteiger partial charge in [0.15, 0.2) is 5.96 Å². The fourth-order valence-electron chi connectivity index (χ4n) is 2.66. The van der Waals surface area contributed by atoms with Crippen molar-refractivity contribution in [1.29, 1.82) is 0 Å². The SMILES string of the molecule is CCNC(=NCC(C)Oc1ccccc1Cl)NC1CCC(=O)N(C)C1. The van der Waals surface area contributed by atoms with Gasteiger partial charge in [-0.25, -0.2) is 4.99 Å². The summed E-state index contributed by atoms with van der Waals surface area (Å²) in [6.07, 6.45) is 1.28. The number of aliphatic imine (C=N–C) groups is 1. The summed E-state index contributed by atoms with van der Waals surface area (Å²) in [6.45, 7) is 5.95. The maximum atomic E-state index is 11.6. The Hall–Kier alpha value is -1.95. The number of halogens is 1. The molecule has 0 aromatic heterocycles. The van der Waals surface area contributed by atoms with Gasteiger partial charge in [-0.15, -0.1) is 0 Å². The van der Waals surface area contributed by atoms with Gasteiger partial charge in [-0.2, -0.15) is 0 Å². The van der Waals surface area contributed by atoms with E-state index in [0.717, 1.165) is 18.9 Å². The zero-order valence-electron chi connectivity index (χ0n) is 15.1. The third kappa shape index (κ3) is 6.12. The zero-order chi connectivity index (χ0) is 18.2. The van der Waals surface area contributed by atoms with Crippen molar-refractivity contribution < 1.29 is 9.53 Å². The lowest BCUT2D eigenvalue weighted by molar-refractivity contribution is -0.132. The zero-order valence-corrected chi connectivity index (χ0v) is 15.8. The number of carbonyl (C=O) groups is 1. The van der Waals surface area contributed by atoms with E-state index in [1.807, 2.05) is 39.1 Å². The number of para-hydroxylation sites is 1. The molecule has 138 valence electrons. The number of amides is 1. The number of nitrogens with one attached hydrogen (secondary N) is 2. The third-order valence-corrected chi connectivity index (χ3v) is 4.30. The molecule has 0 saturated carbocycles. The van der Waals surface area contributed by atoms with Gasteiger partial charge >= 0.3 is 0 Å². The second-order valence-electron chi connectivity index (χ2n) is 6.23. The lowest BCUT2D eigenvalue weighted by atomic mass is 10.1. The van der Waals surface area contributed by atoms with E-state index in [2.05, 4.69) is 15.6 Å². The number of piperidine rings is 1. The van der Waals surface area contributed by atoms with Crippen LogP contribution in [0.25, 0.3) is 0 Å². The number of benzene rings is 1. The Morgan fingerprint density at radius 3 is 2.92 bits per heavy atom. The number of likely N-dealkylation sites (tertiary alicyclic amines) is 1. The molecule has 25 heavy (non-hydrogen) atoms. The van der Waals surface area contributed by atoms with Gasteiger partial charge in [0, 0.05) is 32.6 Å². The Labute approximate surface area is 154 Å². The molecule has 1 heterocycles. The summed E-state index contributed by atoms with van der Waals surface area (Å²) in [6, 6.07) is 7.63. The summed E-state index contributed by atoms with van der Waals surface area (Å²) < 4.78 is 5.85. The molecule has 1 fully saturated rings. The van der Waals surface area contributed by atoms with Crippen LogP contribution in [0.1, 0.15) is 26.7 Å². The van der Waals surface area contributed by atoms with E-state index in [1.165, 1.54) is 0 Å². The molecule has 0 spiro atoms. The molecule has 1 aliphatic rings. The van der Waals surface area contributed by atoms with Gasteiger partial charge in [-0.1, -0.05) is 23.7 Å². The summed E-state index contributed by atoms with van der Waals surface area (Å²) in [5, 5.41) is 7.24. The van der Waals surface area contributed by atoms with Crippen molar-refractivity contribution in [3.8, 4) is 5.75 Å². The average Bonchev–Trinajstić information content (AvgIpc) is 2.58. The van der Waals surface area contributed by atoms with Crippen LogP contribution in [0.5, 0.6) is 5.75 Å². The number of ether oxygens (including phenoxy) is 1. The molecule has 1 aromatic rings. The molecule has 0 radical (unpaired) electrons. The number of nitrogens with zero attached hydrogens (tertiary/aromatic N) is 2. The monoisotopic (exact) mass is 366 g/mol. The fraction of sp³-hybridized carbons (Fsp3) is 0.556. The van der Waals surface area contributed by atoms with Crippen molar-refractivity contribution >= 4 is 23.5 Å². The number of guanidine groups is 1. The summed E-state index contributed by atoms with van der Waals surface area (Å²) in [5.74, 6) is 1.60.